The fourth-order valence-electron chi connectivity index (χ4n) is 3.67. The minimum absolute atomic E-state index is 0.147. The SMILES string of the molecule is CN(C)CCNc1cc(C(=O)Nc2ccccc2C(=O)Nc2ccc(C(N)=O)cc2)nc(-c2ccccc2)n1. The summed E-state index contributed by atoms with van der Waals surface area (Å²) in [5.41, 5.74) is 7.57. The molecule has 4 aromatic rings. The van der Waals surface area contributed by atoms with Crippen molar-refractivity contribution >= 4 is 34.9 Å². The molecular weight excluding hydrogens is 494 g/mol. The molecule has 4 rings (SSSR count). The Morgan fingerprint density at radius 2 is 1.51 bits per heavy atom. The summed E-state index contributed by atoms with van der Waals surface area (Å²) in [5.74, 6) is -0.563. The number of aromatic nitrogens is 2. The number of anilines is 3. The fourth-order valence-corrected chi connectivity index (χ4v) is 3.67. The van der Waals surface area contributed by atoms with Crippen LogP contribution in [0, 0.1) is 0 Å². The maximum Gasteiger partial charge on any atom is 0.274 e. The zero-order valence-electron chi connectivity index (χ0n) is 21.6. The number of nitrogens with zero attached hydrogens (tertiary/aromatic N) is 3. The minimum Gasteiger partial charge on any atom is -0.369 e. The average molecular weight is 524 g/mol. The Hall–Kier alpha value is -5.09. The van der Waals surface area contributed by atoms with Crippen LogP contribution < -0.4 is 21.7 Å². The summed E-state index contributed by atoms with van der Waals surface area (Å²) >= 11 is 0. The third-order valence-electron chi connectivity index (χ3n) is 5.70. The van der Waals surface area contributed by atoms with Crippen molar-refractivity contribution in [2.45, 2.75) is 0 Å². The number of benzene rings is 3. The van der Waals surface area contributed by atoms with E-state index in [1.54, 1.807) is 42.5 Å². The number of carbonyl (C=O) groups is 3. The smallest absolute Gasteiger partial charge is 0.274 e. The summed E-state index contributed by atoms with van der Waals surface area (Å²) in [6.07, 6.45) is 0. The first kappa shape index (κ1) is 27.0. The summed E-state index contributed by atoms with van der Waals surface area (Å²) in [7, 11) is 3.94. The number of rotatable bonds is 10. The van der Waals surface area contributed by atoms with Crippen molar-refractivity contribution in [1.29, 1.82) is 0 Å². The minimum atomic E-state index is -0.558. The van der Waals surface area contributed by atoms with Crippen LogP contribution >= 0.6 is 0 Å². The molecule has 0 spiro atoms. The van der Waals surface area contributed by atoms with E-state index in [9.17, 15) is 14.4 Å². The Morgan fingerprint density at radius 3 is 2.21 bits per heavy atom. The first-order valence-corrected chi connectivity index (χ1v) is 12.2. The highest BCUT2D eigenvalue weighted by molar-refractivity contribution is 6.12. The van der Waals surface area contributed by atoms with Gasteiger partial charge in [-0.3, -0.25) is 14.4 Å². The van der Waals surface area contributed by atoms with Gasteiger partial charge in [-0.05, 0) is 50.5 Å². The van der Waals surface area contributed by atoms with Crippen LogP contribution in [0.5, 0.6) is 0 Å². The summed E-state index contributed by atoms with van der Waals surface area (Å²) in [6.45, 7) is 1.41. The Labute approximate surface area is 226 Å². The van der Waals surface area contributed by atoms with Crippen molar-refractivity contribution in [3.8, 4) is 11.4 Å². The fraction of sp³-hybridized carbons (Fsp3) is 0.138. The lowest BCUT2D eigenvalue weighted by molar-refractivity contribution is 0.0995. The van der Waals surface area contributed by atoms with Gasteiger partial charge in [-0.2, -0.15) is 0 Å². The molecule has 0 atom stereocenters. The lowest BCUT2D eigenvalue weighted by Gasteiger charge is -2.14. The van der Waals surface area contributed by atoms with E-state index in [0.29, 0.717) is 35.1 Å². The molecule has 0 radical (unpaired) electrons. The van der Waals surface area contributed by atoms with Gasteiger partial charge in [-0.15, -0.1) is 0 Å². The van der Waals surface area contributed by atoms with Crippen LogP contribution in [0.1, 0.15) is 31.2 Å². The molecular formula is C29H29N7O3. The summed E-state index contributed by atoms with van der Waals surface area (Å²) in [5, 5.41) is 8.83. The molecule has 3 amide bonds. The molecule has 0 saturated carbocycles. The molecule has 1 heterocycles. The average Bonchev–Trinajstić information content (AvgIpc) is 2.93. The van der Waals surface area contributed by atoms with E-state index < -0.39 is 17.7 Å². The number of para-hydroxylation sites is 1. The topological polar surface area (TPSA) is 142 Å². The number of nitrogens with two attached hydrogens (primary N) is 1. The standard InChI is InChI=1S/C29H29N7O3/c1-36(2)17-16-31-25-18-24(33-27(35-25)20-8-4-3-5-9-20)29(39)34-23-11-7-6-10-22(23)28(38)32-21-14-12-19(13-15-21)26(30)37/h3-15,18H,16-17H2,1-2H3,(H2,30,37)(H,32,38)(H,34,39)(H,31,33,35). The second-order valence-electron chi connectivity index (χ2n) is 8.95. The predicted molar refractivity (Wildman–Crippen MR) is 152 cm³/mol. The van der Waals surface area contributed by atoms with Crippen LogP contribution in [-0.4, -0.2) is 59.8 Å². The maximum absolute atomic E-state index is 13.4. The first-order valence-electron chi connectivity index (χ1n) is 12.2. The van der Waals surface area contributed by atoms with Gasteiger partial charge in [0.1, 0.15) is 11.5 Å². The van der Waals surface area contributed by atoms with Gasteiger partial charge in [-0.25, -0.2) is 9.97 Å². The van der Waals surface area contributed by atoms with Crippen LogP contribution in [0.15, 0.2) is 84.9 Å². The van der Waals surface area contributed by atoms with Gasteiger partial charge >= 0.3 is 0 Å². The number of amides is 3. The van der Waals surface area contributed by atoms with Crippen LogP contribution in [0.25, 0.3) is 11.4 Å². The number of carbonyl (C=O) groups excluding carboxylic acids is 3. The number of likely N-dealkylation sites (N-methyl/N-ethyl adjacent to an activating group) is 1. The number of primary amides is 1. The highest BCUT2D eigenvalue weighted by Crippen LogP contribution is 2.21. The normalized spacial score (nSPS) is 10.6. The van der Waals surface area contributed by atoms with E-state index in [1.807, 2.05) is 49.3 Å². The predicted octanol–water partition coefficient (Wildman–Crippen LogP) is 3.72. The number of hydrogen-bond acceptors (Lipinski definition) is 7. The quantitative estimate of drug-likeness (QED) is 0.248. The van der Waals surface area contributed by atoms with Crippen molar-refractivity contribution in [1.82, 2.24) is 14.9 Å². The van der Waals surface area contributed by atoms with E-state index in [1.165, 1.54) is 12.1 Å². The first-order chi connectivity index (χ1) is 18.8. The zero-order chi connectivity index (χ0) is 27.8. The second-order valence-corrected chi connectivity index (χ2v) is 8.95. The van der Waals surface area contributed by atoms with Crippen molar-refractivity contribution in [2.24, 2.45) is 5.73 Å². The third-order valence-corrected chi connectivity index (χ3v) is 5.70. The molecule has 0 unspecified atom stereocenters. The van der Waals surface area contributed by atoms with Crippen molar-refractivity contribution < 1.29 is 14.4 Å². The van der Waals surface area contributed by atoms with Crippen LogP contribution in [-0.2, 0) is 0 Å². The van der Waals surface area contributed by atoms with Gasteiger partial charge in [0.05, 0.1) is 11.3 Å². The molecule has 10 heteroatoms. The lowest BCUT2D eigenvalue weighted by Crippen LogP contribution is -2.22. The van der Waals surface area contributed by atoms with Crippen LogP contribution in [0.2, 0.25) is 0 Å². The monoisotopic (exact) mass is 523 g/mol. The van der Waals surface area contributed by atoms with E-state index in [-0.39, 0.29) is 11.3 Å². The Morgan fingerprint density at radius 1 is 0.821 bits per heavy atom. The highest BCUT2D eigenvalue weighted by atomic mass is 16.2. The number of nitrogens with one attached hydrogen (secondary N) is 3. The summed E-state index contributed by atoms with van der Waals surface area (Å²) in [6, 6.07) is 23.8. The number of hydrogen-bond donors (Lipinski definition) is 4. The molecule has 39 heavy (non-hydrogen) atoms. The molecule has 0 saturated heterocycles. The third kappa shape index (κ3) is 7.24. The van der Waals surface area contributed by atoms with Crippen LogP contribution in [0.4, 0.5) is 17.2 Å². The molecule has 0 fully saturated rings. The molecule has 0 aliphatic rings. The molecule has 0 aliphatic carbocycles. The molecule has 3 aromatic carbocycles. The zero-order valence-corrected chi connectivity index (χ0v) is 21.6. The lowest BCUT2D eigenvalue weighted by atomic mass is 10.1. The van der Waals surface area contributed by atoms with E-state index in [2.05, 4.69) is 25.9 Å². The van der Waals surface area contributed by atoms with E-state index >= 15 is 0 Å². The largest absolute Gasteiger partial charge is 0.369 e. The summed E-state index contributed by atoms with van der Waals surface area (Å²) in [4.78, 5) is 48.8. The molecule has 1 aromatic heterocycles. The summed E-state index contributed by atoms with van der Waals surface area (Å²) < 4.78 is 0. The van der Waals surface area contributed by atoms with Gasteiger partial charge in [0, 0.05) is 36.0 Å². The molecule has 5 N–H and O–H groups in total. The molecule has 198 valence electrons. The van der Waals surface area contributed by atoms with Gasteiger partial charge < -0.3 is 26.6 Å². The van der Waals surface area contributed by atoms with Gasteiger partial charge in [0.25, 0.3) is 11.8 Å². The molecule has 0 bridgehead atoms. The highest BCUT2D eigenvalue weighted by Gasteiger charge is 2.17. The van der Waals surface area contributed by atoms with Crippen molar-refractivity contribution in [2.75, 3.05) is 43.1 Å². The van der Waals surface area contributed by atoms with Crippen LogP contribution in [0.3, 0.4) is 0 Å². The van der Waals surface area contributed by atoms with Gasteiger partial charge in [-0.1, -0.05) is 42.5 Å². The Balaban J connectivity index is 1.57. The Bertz CT molecular complexity index is 1470. The second kappa shape index (κ2) is 12.4. The van der Waals surface area contributed by atoms with E-state index in [4.69, 9.17) is 5.73 Å². The van der Waals surface area contributed by atoms with Crippen molar-refractivity contribution in [3.63, 3.8) is 0 Å². The maximum atomic E-state index is 13.4. The molecule has 0 aliphatic heterocycles. The van der Waals surface area contributed by atoms with Gasteiger partial charge in [0.2, 0.25) is 5.91 Å². The molecule has 10 nitrogen and oxygen atoms in total. The van der Waals surface area contributed by atoms with E-state index in [0.717, 1.165) is 12.1 Å². The Kier molecular flexibility index (Phi) is 8.60. The van der Waals surface area contributed by atoms with Crippen molar-refractivity contribution in [3.05, 3.63) is 102 Å². The van der Waals surface area contributed by atoms with Gasteiger partial charge in [0.15, 0.2) is 5.82 Å².